The Bertz CT molecular complexity index is 729. The summed E-state index contributed by atoms with van der Waals surface area (Å²) in [6, 6.07) is 8.29. The molecule has 1 aliphatic heterocycles. The monoisotopic (exact) mass is 346 g/mol. The minimum absolute atomic E-state index is 0.0444. The van der Waals surface area contributed by atoms with Gasteiger partial charge >= 0.3 is 0 Å². The van der Waals surface area contributed by atoms with Gasteiger partial charge in [0.2, 0.25) is 5.91 Å². The molecule has 1 saturated heterocycles. The topological polar surface area (TPSA) is 80.5 Å². The van der Waals surface area contributed by atoms with Gasteiger partial charge in [-0.25, -0.2) is 4.98 Å². The molecule has 1 amide bonds. The molecular weight excluding hydrogens is 324 g/mol. The molecule has 2 heterocycles. The summed E-state index contributed by atoms with van der Waals surface area (Å²) in [6.45, 7) is 6.62. The third-order valence-electron chi connectivity index (χ3n) is 3.87. The fourth-order valence-corrected chi connectivity index (χ4v) is 3.47. The lowest BCUT2D eigenvalue weighted by Crippen LogP contribution is -2.48. The molecule has 0 saturated carbocycles. The molecule has 6 nitrogen and oxygen atoms in total. The highest BCUT2D eigenvalue weighted by Crippen LogP contribution is 2.29. The number of hydrogen-bond acceptors (Lipinski definition) is 6. The number of ether oxygens (including phenoxy) is 1. The lowest BCUT2D eigenvalue weighted by Gasteiger charge is -2.39. The van der Waals surface area contributed by atoms with E-state index in [1.165, 1.54) is 11.3 Å². The van der Waals surface area contributed by atoms with Crippen molar-refractivity contribution in [1.29, 1.82) is 0 Å². The molecule has 0 aliphatic carbocycles. The molecule has 24 heavy (non-hydrogen) atoms. The van der Waals surface area contributed by atoms with Gasteiger partial charge in [-0.2, -0.15) is 0 Å². The second-order valence-electron chi connectivity index (χ2n) is 6.37. The van der Waals surface area contributed by atoms with Gasteiger partial charge < -0.3 is 20.7 Å². The molecule has 3 N–H and O–H groups in total. The Kier molecular flexibility index (Phi) is 4.84. The van der Waals surface area contributed by atoms with Crippen LogP contribution in [0.3, 0.4) is 0 Å². The Morgan fingerprint density at radius 3 is 3.08 bits per heavy atom. The van der Waals surface area contributed by atoms with Crippen molar-refractivity contribution in [2.75, 3.05) is 36.5 Å². The molecule has 3 rings (SSSR count). The van der Waals surface area contributed by atoms with Crippen LogP contribution in [0.5, 0.6) is 0 Å². The number of carbonyl (C=O) groups is 1. The fraction of sp³-hybridized carbons (Fsp3) is 0.412. The minimum Gasteiger partial charge on any atom is -0.372 e. The van der Waals surface area contributed by atoms with E-state index in [9.17, 15) is 4.79 Å². The van der Waals surface area contributed by atoms with Crippen LogP contribution < -0.4 is 16.0 Å². The zero-order chi connectivity index (χ0) is 17.2. The van der Waals surface area contributed by atoms with Crippen LogP contribution in [-0.4, -0.2) is 42.7 Å². The smallest absolute Gasteiger partial charge is 0.239 e. The van der Waals surface area contributed by atoms with Crippen LogP contribution in [-0.2, 0) is 9.53 Å². The first-order valence-electron chi connectivity index (χ1n) is 7.92. The van der Waals surface area contributed by atoms with Gasteiger partial charge in [-0.1, -0.05) is 12.1 Å². The number of rotatable bonds is 4. The highest BCUT2D eigenvalue weighted by Gasteiger charge is 2.27. The SMILES string of the molecule is CC1(C)CN(c2cccc(-c3csc(NC(=O)CN)n3)c2)CCO1. The molecule has 2 aromatic rings. The van der Waals surface area contributed by atoms with Crippen molar-refractivity contribution in [2.24, 2.45) is 5.73 Å². The van der Waals surface area contributed by atoms with Crippen molar-refractivity contribution in [3.8, 4) is 11.3 Å². The summed E-state index contributed by atoms with van der Waals surface area (Å²) in [5, 5.41) is 5.19. The summed E-state index contributed by atoms with van der Waals surface area (Å²) >= 11 is 1.40. The van der Waals surface area contributed by atoms with Crippen LogP contribution in [0, 0.1) is 0 Å². The third-order valence-corrected chi connectivity index (χ3v) is 4.63. The summed E-state index contributed by atoms with van der Waals surface area (Å²) in [4.78, 5) is 18.2. The van der Waals surface area contributed by atoms with E-state index in [1.807, 2.05) is 17.5 Å². The van der Waals surface area contributed by atoms with Crippen molar-refractivity contribution in [3.63, 3.8) is 0 Å². The van der Waals surface area contributed by atoms with E-state index in [-0.39, 0.29) is 18.1 Å². The number of carbonyl (C=O) groups excluding carboxylic acids is 1. The van der Waals surface area contributed by atoms with E-state index in [4.69, 9.17) is 10.5 Å². The third kappa shape index (κ3) is 3.92. The first-order chi connectivity index (χ1) is 11.5. The van der Waals surface area contributed by atoms with Crippen LogP contribution in [0.2, 0.25) is 0 Å². The Hall–Kier alpha value is -1.96. The first-order valence-corrected chi connectivity index (χ1v) is 8.80. The number of thiazole rings is 1. The van der Waals surface area contributed by atoms with Crippen molar-refractivity contribution < 1.29 is 9.53 Å². The molecule has 0 atom stereocenters. The van der Waals surface area contributed by atoms with E-state index in [1.54, 1.807) is 0 Å². The molecular formula is C17H22N4O2S. The summed E-state index contributed by atoms with van der Waals surface area (Å²) in [7, 11) is 0. The molecule has 1 aliphatic rings. The van der Waals surface area contributed by atoms with E-state index >= 15 is 0 Å². The maximum Gasteiger partial charge on any atom is 0.239 e. The number of nitrogens with zero attached hydrogens (tertiary/aromatic N) is 2. The molecule has 0 spiro atoms. The minimum atomic E-state index is -0.236. The van der Waals surface area contributed by atoms with Gasteiger partial charge in [0.1, 0.15) is 0 Å². The van der Waals surface area contributed by atoms with Crippen LogP contribution in [0.1, 0.15) is 13.8 Å². The van der Waals surface area contributed by atoms with Crippen molar-refractivity contribution in [2.45, 2.75) is 19.4 Å². The van der Waals surface area contributed by atoms with Crippen LogP contribution in [0.25, 0.3) is 11.3 Å². The molecule has 7 heteroatoms. The van der Waals surface area contributed by atoms with Gasteiger partial charge in [0.15, 0.2) is 5.13 Å². The van der Waals surface area contributed by atoms with Gasteiger partial charge in [-0.3, -0.25) is 4.79 Å². The molecule has 1 fully saturated rings. The number of aromatic nitrogens is 1. The van der Waals surface area contributed by atoms with E-state index in [2.05, 4.69) is 41.2 Å². The Morgan fingerprint density at radius 2 is 2.33 bits per heavy atom. The zero-order valence-electron chi connectivity index (χ0n) is 13.9. The number of morpholine rings is 1. The predicted octanol–water partition coefficient (Wildman–Crippen LogP) is 2.32. The Labute approximate surface area is 145 Å². The Morgan fingerprint density at radius 1 is 1.50 bits per heavy atom. The normalized spacial score (nSPS) is 16.9. The van der Waals surface area contributed by atoms with Crippen molar-refractivity contribution >= 4 is 28.1 Å². The first kappa shape index (κ1) is 16.9. The average molecular weight is 346 g/mol. The lowest BCUT2D eigenvalue weighted by molar-refractivity contribution is -0.114. The molecule has 1 aromatic heterocycles. The Balaban J connectivity index is 1.79. The standard InChI is InChI=1S/C17H22N4O2S/c1-17(2)11-21(6-7-23-17)13-5-3-4-12(8-13)14-10-24-16(19-14)20-15(22)9-18/h3-5,8,10H,6-7,9,11,18H2,1-2H3,(H,19,20,22). The summed E-state index contributed by atoms with van der Waals surface area (Å²) in [5.41, 5.74) is 8.20. The molecule has 128 valence electrons. The lowest BCUT2D eigenvalue weighted by atomic mass is 10.1. The van der Waals surface area contributed by atoms with E-state index < -0.39 is 0 Å². The number of nitrogens with one attached hydrogen (secondary N) is 1. The second-order valence-corrected chi connectivity index (χ2v) is 7.23. The molecule has 0 unspecified atom stereocenters. The number of anilines is 2. The highest BCUT2D eigenvalue weighted by atomic mass is 32.1. The van der Waals surface area contributed by atoms with Gasteiger partial charge in [-0.05, 0) is 26.0 Å². The van der Waals surface area contributed by atoms with E-state index in [0.29, 0.717) is 5.13 Å². The molecule has 0 bridgehead atoms. The van der Waals surface area contributed by atoms with Crippen molar-refractivity contribution in [3.05, 3.63) is 29.6 Å². The van der Waals surface area contributed by atoms with Crippen LogP contribution >= 0.6 is 11.3 Å². The quantitative estimate of drug-likeness (QED) is 0.888. The second kappa shape index (κ2) is 6.88. The van der Waals surface area contributed by atoms with Gasteiger partial charge in [0.25, 0.3) is 0 Å². The summed E-state index contributed by atoms with van der Waals surface area (Å²) in [5.74, 6) is -0.236. The highest BCUT2D eigenvalue weighted by molar-refractivity contribution is 7.14. The fourth-order valence-electron chi connectivity index (χ4n) is 2.73. The van der Waals surface area contributed by atoms with Gasteiger partial charge in [0, 0.05) is 29.7 Å². The van der Waals surface area contributed by atoms with Gasteiger partial charge in [0.05, 0.1) is 24.4 Å². The van der Waals surface area contributed by atoms with Crippen LogP contribution in [0.4, 0.5) is 10.8 Å². The number of hydrogen-bond donors (Lipinski definition) is 2. The maximum absolute atomic E-state index is 11.4. The predicted molar refractivity (Wildman–Crippen MR) is 97.5 cm³/mol. The maximum atomic E-state index is 11.4. The van der Waals surface area contributed by atoms with E-state index in [0.717, 1.165) is 36.6 Å². The number of amides is 1. The number of nitrogens with two attached hydrogens (primary N) is 1. The zero-order valence-corrected chi connectivity index (χ0v) is 14.7. The molecule has 1 aromatic carbocycles. The van der Waals surface area contributed by atoms with Crippen LogP contribution in [0.15, 0.2) is 29.6 Å². The number of benzene rings is 1. The average Bonchev–Trinajstić information content (AvgIpc) is 3.02. The molecule has 0 radical (unpaired) electrons. The largest absolute Gasteiger partial charge is 0.372 e. The summed E-state index contributed by atoms with van der Waals surface area (Å²) in [6.07, 6.45) is 0. The van der Waals surface area contributed by atoms with Gasteiger partial charge in [-0.15, -0.1) is 11.3 Å². The summed E-state index contributed by atoms with van der Waals surface area (Å²) < 4.78 is 5.78. The van der Waals surface area contributed by atoms with Crippen molar-refractivity contribution in [1.82, 2.24) is 4.98 Å².